The largest absolute Gasteiger partial charge is 0.465 e. The van der Waals surface area contributed by atoms with E-state index in [4.69, 9.17) is 14.2 Å². The van der Waals surface area contributed by atoms with E-state index in [9.17, 15) is 28.2 Å². The first-order chi connectivity index (χ1) is 13.6. The third kappa shape index (κ3) is 5.31. The van der Waals surface area contributed by atoms with Crippen molar-refractivity contribution in [3.8, 4) is 0 Å². The minimum atomic E-state index is -4.96. The highest BCUT2D eigenvalue weighted by molar-refractivity contribution is 8.14. The summed E-state index contributed by atoms with van der Waals surface area (Å²) in [6.07, 6.45) is -10.5. The Kier molecular flexibility index (Phi) is 8.11. The molecule has 29 heavy (non-hydrogen) atoms. The highest BCUT2D eigenvalue weighted by Gasteiger charge is 2.58. The number of amidine groups is 1. The van der Waals surface area contributed by atoms with Crippen molar-refractivity contribution in [2.75, 3.05) is 19.8 Å². The zero-order chi connectivity index (χ0) is 21.8. The van der Waals surface area contributed by atoms with E-state index in [-0.39, 0.29) is 24.9 Å². The quantitative estimate of drug-likeness (QED) is 0.559. The van der Waals surface area contributed by atoms with Crippen LogP contribution in [-0.4, -0.2) is 88.2 Å². The minimum Gasteiger partial charge on any atom is -0.465 e. The van der Waals surface area contributed by atoms with Crippen LogP contribution in [0.5, 0.6) is 0 Å². The number of aliphatic hydroxyl groups excluding tert-OH is 1. The van der Waals surface area contributed by atoms with Gasteiger partial charge >= 0.3 is 12.3 Å². The molecule has 0 radical (unpaired) electrons. The van der Waals surface area contributed by atoms with Crippen molar-refractivity contribution in [2.45, 2.75) is 49.0 Å². The van der Waals surface area contributed by atoms with Crippen LogP contribution in [0.25, 0.3) is 0 Å². The molecule has 2 aliphatic rings. The molecule has 2 heterocycles. The molecule has 6 atom stereocenters. The van der Waals surface area contributed by atoms with Gasteiger partial charge in [0.1, 0.15) is 29.8 Å². The van der Waals surface area contributed by atoms with Crippen LogP contribution in [0.15, 0.2) is 30.3 Å². The van der Waals surface area contributed by atoms with Gasteiger partial charge in [0.25, 0.3) is 0 Å². The number of amides is 1. The maximum atomic E-state index is 13.2. The maximum absolute atomic E-state index is 13.2. The monoisotopic (exact) mass is 440 g/mol. The number of aliphatic imine (C=N–C) groups is 1. The van der Waals surface area contributed by atoms with Gasteiger partial charge in [-0.3, -0.25) is 9.89 Å². The van der Waals surface area contributed by atoms with E-state index >= 15 is 0 Å². The van der Waals surface area contributed by atoms with E-state index in [0.717, 1.165) is 16.7 Å². The second-order valence-corrected chi connectivity index (χ2v) is 7.24. The standard InChI is InChI=1S/C17H23F3N2O6S/c1-4-7-26-10-9-14(29-15(21-9)22(6-3)16(24)25)28-12(11(10)27-8-5-2)13(23)17(18,19)20/h4-5,9-14,23H,1-2,6-8H2,3H3,(H,24,25)/t9-,10-,11+,12+,13-,14-/m1/s1. The molecule has 8 nitrogen and oxygen atoms in total. The SMILES string of the molecule is C=CCO[C@H]1[C@H](OCC=C)[C@H]2N=C(N(CC)C(=O)O)S[C@H]2O[C@@H]1[C@@H](O)C(F)(F)F. The van der Waals surface area contributed by atoms with E-state index in [0.29, 0.717) is 0 Å². The molecule has 164 valence electrons. The first-order valence-corrected chi connectivity index (χ1v) is 9.63. The van der Waals surface area contributed by atoms with Crippen LogP contribution in [0.3, 0.4) is 0 Å². The molecule has 0 aliphatic carbocycles. The number of carbonyl (C=O) groups is 1. The van der Waals surface area contributed by atoms with Gasteiger partial charge in [0.05, 0.1) is 13.2 Å². The minimum absolute atomic E-state index is 0.0113. The molecule has 2 aliphatic heterocycles. The Morgan fingerprint density at radius 3 is 2.41 bits per heavy atom. The van der Waals surface area contributed by atoms with Crippen molar-refractivity contribution >= 4 is 23.0 Å². The molecule has 0 saturated carbocycles. The third-order valence-corrected chi connectivity index (χ3v) is 5.43. The van der Waals surface area contributed by atoms with E-state index in [1.807, 2.05) is 0 Å². The summed E-state index contributed by atoms with van der Waals surface area (Å²) >= 11 is 0.863. The molecule has 0 spiro atoms. The Labute approximate surface area is 170 Å². The highest BCUT2D eigenvalue weighted by atomic mass is 32.2. The number of rotatable bonds is 8. The van der Waals surface area contributed by atoms with Gasteiger partial charge in [0, 0.05) is 6.54 Å². The summed E-state index contributed by atoms with van der Waals surface area (Å²) in [5.41, 5.74) is -0.987. The molecule has 2 rings (SSSR count). The zero-order valence-corrected chi connectivity index (χ0v) is 16.4. The van der Waals surface area contributed by atoms with Crippen molar-refractivity contribution in [1.82, 2.24) is 4.90 Å². The fourth-order valence-electron chi connectivity index (χ4n) is 3.01. The second kappa shape index (κ2) is 9.94. The van der Waals surface area contributed by atoms with Gasteiger partial charge in [-0.1, -0.05) is 23.9 Å². The lowest BCUT2D eigenvalue weighted by Gasteiger charge is -2.44. The van der Waals surface area contributed by atoms with Crippen LogP contribution < -0.4 is 0 Å². The van der Waals surface area contributed by atoms with Gasteiger partial charge in [-0.2, -0.15) is 13.2 Å². The second-order valence-electron chi connectivity index (χ2n) is 6.18. The topological polar surface area (TPSA) is 101 Å². The van der Waals surface area contributed by atoms with E-state index in [1.165, 1.54) is 12.2 Å². The summed E-state index contributed by atoms with van der Waals surface area (Å²) < 4.78 is 56.3. The van der Waals surface area contributed by atoms with Gasteiger partial charge in [0.15, 0.2) is 11.3 Å². The van der Waals surface area contributed by atoms with E-state index in [1.54, 1.807) is 6.92 Å². The van der Waals surface area contributed by atoms with Crippen molar-refractivity contribution in [3.05, 3.63) is 25.3 Å². The van der Waals surface area contributed by atoms with Gasteiger partial charge in [-0.15, -0.1) is 13.2 Å². The summed E-state index contributed by atoms with van der Waals surface area (Å²) in [6, 6.07) is -0.838. The normalized spacial score (nSPS) is 30.2. The highest BCUT2D eigenvalue weighted by Crippen LogP contribution is 2.42. The van der Waals surface area contributed by atoms with Crippen LogP contribution in [0.2, 0.25) is 0 Å². The van der Waals surface area contributed by atoms with Gasteiger partial charge in [-0.25, -0.2) is 4.79 Å². The Balaban J connectivity index is 2.40. The number of thioether (sulfide) groups is 1. The predicted octanol–water partition coefficient (Wildman–Crippen LogP) is 2.25. The zero-order valence-electron chi connectivity index (χ0n) is 15.6. The van der Waals surface area contributed by atoms with Gasteiger partial charge in [0.2, 0.25) is 0 Å². The molecule has 1 fully saturated rings. The Hall–Kier alpha value is -1.60. The smallest absolute Gasteiger partial charge is 0.417 e. The van der Waals surface area contributed by atoms with E-state index in [2.05, 4.69) is 18.2 Å². The number of fused-ring (bicyclic) bond motifs is 1. The number of aliphatic hydroxyl groups is 1. The van der Waals surface area contributed by atoms with Gasteiger partial charge < -0.3 is 24.4 Å². The van der Waals surface area contributed by atoms with Crippen LogP contribution >= 0.6 is 11.8 Å². The number of halogens is 3. The van der Waals surface area contributed by atoms with Crippen molar-refractivity contribution < 1.29 is 42.4 Å². The lowest BCUT2D eigenvalue weighted by Crippen LogP contribution is -2.62. The molecule has 0 aromatic carbocycles. The van der Waals surface area contributed by atoms with Crippen molar-refractivity contribution in [3.63, 3.8) is 0 Å². The molecule has 12 heteroatoms. The first kappa shape index (κ1) is 23.7. The van der Waals surface area contributed by atoms with Crippen LogP contribution in [-0.2, 0) is 14.2 Å². The fraction of sp³-hybridized carbons (Fsp3) is 0.647. The molecule has 0 aromatic heterocycles. The summed E-state index contributed by atoms with van der Waals surface area (Å²) in [5, 5.41) is 19.3. The molecular weight excluding hydrogens is 417 g/mol. The summed E-state index contributed by atoms with van der Waals surface area (Å²) in [5.74, 6) is 0. The number of alkyl halides is 3. The number of carboxylic acid groups (broad SMARTS) is 1. The predicted molar refractivity (Wildman–Crippen MR) is 99.8 cm³/mol. The molecule has 0 bridgehead atoms. The number of hydrogen-bond donors (Lipinski definition) is 2. The van der Waals surface area contributed by atoms with Crippen LogP contribution in [0.4, 0.5) is 18.0 Å². The molecular formula is C17H23F3N2O6S. The third-order valence-electron chi connectivity index (χ3n) is 4.27. The van der Waals surface area contributed by atoms with Crippen LogP contribution in [0, 0.1) is 0 Å². The summed E-state index contributed by atoms with van der Waals surface area (Å²) in [4.78, 5) is 16.7. The molecule has 0 aromatic rings. The molecule has 1 amide bonds. The van der Waals surface area contributed by atoms with Crippen LogP contribution in [0.1, 0.15) is 6.92 Å². The lowest BCUT2D eigenvalue weighted by molar-refractivity contribution is -0.279. The Bertz CT molecular complexity index is 647. The van der Waals surface area contributed by atoms with Gasteiger partial charge in [-0.05, 0) is 6.92 Å². The summed E-state index contributed by atoms with van der Waals surface area (Å²) in [7, 11) is 0. The fourth-order valence-corrected chi connectivity index (χ4v) is 4.27. The average molecular weight is 440 g/mol. The Morgan fingerprint density at radius 1 is 1.34 bits per heavy atom. The maximum Gasteiger partial charge on any atom is 0.417 e. The Morgan fingerprint density at radius 2 is 1.93 bits per heavy atom. The number of ether oxygens (including phenoxy) is 3. The van der Waals surface area contributed by atoms with E-state index < -0.39 is 48.2 Å². The molecule has 0 unspecified atom stereocenters. The average Bonchev–Trinajstić information content (AvgIpc) is 3.06. The first-order valence-electron chi connectivity index (χ1n) is 8.75. The van der Waals surface area contributed by atoms with Crippen molar-refractivity contribution in [1.29, 1.82) is 0 Å². The van der Waals surface area contributed by atoms with Crippen molar-refractivity contribution in [2.24, 2.45) is 4.99 Å². The molecule has 2 N–H and O–H groups in total. The molecule has 1 saturated heterocycles. The summed E-state index contributed by atoms with van der Waals surface area (Å²) in [6.45, 7) is 8.55. The number of nitrogens with zero attached hydrogens (tertiary/aromatic N) is 2. The lowest BCUT2D eigenvalue weighted by atomic mass is 9.94. The number of hydrogen-bond acceptors (Lipinski definition) is 7.